The summed E-state index contributed by atoms with van der Waals surface area (Å²) < 4.78 is 0. The van der Waals surface area contributed by atoms with Gasteiger partial charge in [0.15, 0.2) is 0 Å². The lowest BCUT2D eigenvalue weighted by Gasteiger charge is -2.42. The summed E-state index contributed by atoms with van der Waals surface area (Å²) in [6.07, 6.45) is 1.34. The van der Waals surface area contributed by atoms with E-state index in [2.05, 4.69) is 0 Å². The van der Waals surface area contributed by atoms with E-state index in [0.29, 0.717) is 12.8 Å². The van der Waals surface area contributed by atoms with Crippen LogP contribution in [0.4, 0.5) is 0 Å². The third-order valence-corrected chi connectivity index (χ3v) is 3.41. The highest BCUT2D eigenvalue weighted by Gasteiger charge is 2.50. The molecule has 0 bridgehead atoms. The smallest absolute Gasteiger partial charge is 0.309 e. The molecule has 0 radical (unpaired) electrons. The number of aliphatic carboxylic acids is 2. The molecule has 0 saturated heterocycles. The van der Waals surface area contributed by atoms with Crippen LogP contribution in [0.2, 0.25) is 0 Å². The summed E-state index contributed by atoms with van der Waals surface area (Å²) in [5.41, 5.74) is -1.80. The SMILES string of the molecule is CC1C[C@](C)(C(=O)O)C[C@](C)(C(=O)O)C1. The molecular weight excluding hydrogens is 196 g/mol. The van der Waals surface area contributed by atoms with Crippen LogP contribution in [-0.2, 0) is 9.59 Å². The minimum absolute atomic E-state index is 0.140. The van der Waals surface area contributed by atoms with Crippen LogP contribution in [0.3, 0.4) is 0 Å². The number of carboxylic acid groups (broad SMARTS) is 2. The Kier molecular flexibility index (Phi) is 2.81. The van der Waals surface area contributed by atoms with Gasteiger partial charge in [-0.15, -0.1) is 0 Å². The Morgan fingerprint density at radius 2 is 1.40 bits per heavy atom. The van der Waals surface area contributed by atoms with Crippen molar-refractivity contribution in [1.82, 2.24) is 0 Å². The Hall–Kier alpha value is -1.06. The summed E-state index contributed by atoms with van der Waals surface area (Å²) >= 11 is 0. The topological polar surface area (TPSA) is 74.6 Å². The molecule has 1 unspecified atom stereocenters. The van der Waals surface area contributed by atoms with Gasteiger partial charge in [0.2, 0.25) is 0 Å². The second-order valence-corrected chi connectivity index (χ2v) is 5.42. The first-order valence-corrected chi connectivity index (χ1v) is 5.16. The number of hydrogen-bond acceptors (Lipinski definition) is 2. The molecule has 3 atom stereocenters. The van der Waals surface area contributed by atoms with Crippen molar-refractivity contribution in [3.05, 3.63) is 0 Å². The van der Waals surface area contributed by atoms with Crippen molar-refractivity contribution in [2.45, 2.75) is 40.0 Å². The largest absolute Gasteiger partial charge is 0.481 e. The lowest BCUT2D eigenvalue weighted by molar-refractivity contribution is -0.162. The van der Waals surface area contributed by atoms with Crippen LogP contribution in [0.5, 0.6) is 0 Å². The molecule has 4 heteroatoms. The first-order chi connectivity index (χ1) is 6.69. The van der Waals surface area contributed by atoms with E-state index in [1.807, 2.05) is 6.92 Å². The van der Waals surface area contributed by atoms with Crippen LogP contribution in [0.15, 0.2) is 0 Å². The average molecular weight is 214 g/mol. The van der Waals surface area contributed by atoms with Crippen molar-refractivity contribution in [2.75, 3.05) is 0 Å². The van der Waals surface area contributed by atoms with Crippen LogP contribution >= 0.6 is 0 Å². The molecule has 0 aromatic heterocycles. The zero-order chi connectivity index (χ0) is 11.9. The minimum Gasteiger partial charge on any atom is -0.481 e. The van der Waals surface area contributed by atoms with Gasteiger partial charge in [-0.3, -0.25) is 9.59 Å². The highest BCUT2D eigenvalue weighted by Crippen LogP contribution is 2.48. The van der Waals surface area contributed by atoms with E-state index >= 15 is 0 Å². The van der Waals surface area contributed by atoms with Gasteiger partial charge in [0.1, 0.15) is 0 Å². The molecule has 1 fully saturated rings. The fourth-order valence-electron chi connectivity index (χ4n) is 2.94. The lowest BCUT2D eigenvalue weighted by atomic mass is 9.60. The second kappa shape index (κ2) is 3.51. The van der Waals surface area contributed by atoms with Crippen molar-refractivity contribution in [3.63, 3.8) is 0 Å². The molecule has 0 spiro atoms. The molecule has 0 aromatic rings. The van der Waals surface area contributed by atoms with Gasteiger partial charge in [-0.1, -0.05) is 6.92 Å². The third kappa shape index (κ3) is 2.13. The van der Waals surface area contributed by atoms with Crippen molar-refractivity contribution in [1.29, 1.82) is 0 Å². The van der Waals surface area contributed by atoms with Crippen LogP contribution in [0, 0.1) is 16.7 Å². The second-order valence-electron chi connectivity index (χ2n) is 5.42. The number of carbonyl (C=O) groups is 2. The third-order valence-electron chi connectivity index (χ3n) is 3.41. The molecule has 1 aliphatic carbocycles. The Morgan fingerprint density at radius 3 is 1.67 bits per heavy atom. The Balaban J connectivity index is 2.99. The summed E-state index contributed by atoms with van der Waals surface area (Å²) in [4.78, 5) is 22.3. The maximum Gasteiger partial charge on any atom is 0.309 e. The normalized spacial score (nSPS) is 41.1. The zero-order valence-electron chi connectivity index (χ0n) is 9.41. The van der Waals surface area contributed by atoms with Gasteiger partial charge in [-0.05, 0) is 39.0 Å². The Morgan fingerprint density at radius 1 is 1.07 bits per heavy atom. The Bertz CT molecular complexity index is 271. The number of carboxylic acids is 2. The fourth-order valence-corrected chi connectivity index (χ4v) is 2.94. The van der Waals surface area contributed by atoms with Gasteiger partial charge in [0, 0.05) is 0 Å². The summed E-state index contributed by atoms with van der Waals surface area (Å²) in [6, 6.07) is 0. The molecule has 0 amide bonds. The fraction of sp³-hybridized carbons (Fsp3) is 0.818. The molecule has 1 rings (SSSR count). The highest BCUT2D eigenvalue weighted by atomic mass is 16.4. The molecule has 86 valence electrons. The first-order valence-electron chi connectivity index (χ1n) is 5.16. The van der Waals surface area contributed by atoms with E-state index in [4.69, 9.17) is 10.2 Å². The maximum atomic E-state index is 11.1. The standard InChI is InChI=1S/C11H18O4/c1-7-4-10(2,8(12)13)6-11(3,5-7)9(14)15/h7H,4-6H2,1-3H3,(H,12,13)(H,14,15)/t7?,10-,11+. The van der Waals surface area contributed by atoms with Crippen LogP contribution in [0.1, 0.15) is 40.0 Å². The average Bonchev–Trinajstić information content (AvgIpc) is 2.00. The molecule has 2 N–H and O–H groups in total. The summed E-state index contributed by atoms with van der Waals surface area (Å²) in [6.45, 7) is 5.21. The maximum absolute atomic E-state index is 11.1. The predicted molar refractivity (Wildman–Crippen MR) is 54.5 cm³/mol. The first kappa shape index (κ1) is 12.0. The zero-order valence-corrected chi connectivity index (χ0v) is 9.41. The molecule has 1 aliphatic rings. The van der Waals surface area contributed by atoms with Crippen molar-refractivity contribution >= 4 is 11.9 Å². The van der Waals surface area contributed by atoms with Gasteiger partial charge < -0.3 is 10.2 Å². The van der Waals surface area contributed by atoms with E-state index in [1.54, 1.807) is 13.8 Å². The van der Waals surface area contributed by atoms with Crippen molar-refractivity contribution < 1.29 is 19.8 Å². The van der Waals surface area contributed by atoms with E-state index < -0.39 is 22.8 Å². The van der Waals surface area contributed by atoms with Crippen molar-refractivity contribution in [3.8, 4) is 0 Å². The van der Waals surface area contributed by atoms with Gasteiger partial charge in [-0.25, -0.2) is 0 Å². The van der Waals surface area contributed by atoms with Gasteiger partial charge in [0.05, 0.1) is 10.8 Å². The number of rotatable bonds is 2. The number of hydrogen-bond donors (Lipinski definition) is 2. The van der Waals surface area contributed by atoms with Gasteiger partial charge in [-0.2, -0.15) is 0 Å². The lowest BCUT2D eigenvalue weighted by Crippen LogP contribution is -2.45. The minimum atomic E-state index is -0.898. The molecule has 0 aromatic carbocycles. The van der Waals surface area contributed by atoms with E-state index in [1.165, 1.54) is 0 Å². The van der Waals surface area contributed by atoms with Gasteiger partial charge in [0.25, 0.3) is 0 Å². The summed E-state index contributed by atoms with van der Waals surface area (Å²) in [7, 11) is 0. The summed E-state index contributed by atoms with van der Waals surface area (Å²) in [5, 5.41) is 18.3. The summed E-state index contributed by atoms with van der Waals surface area (Å²) in [5.74, 6) is -1.64. The Labute approximate surface area is 89.3 Å². The molecule has 1 saturated carbocycles. The van der Waals surface area contributed by atoms with Gasteiger partial charge >= 0.3 is 11.9 Å². The molecular formula is C11H18O4. The molecule has 0 heterocycles. The van der Waals surface area contributed by atoms with Crippen LogP contribution in [-0.4, -0.2) is 22.2 Å². The quantitative estimate of drug-likeness (QED) is 0.737. The van der Waals surface area contributed by atoms with Crippen molar-refractivity contribution in [2.24, 2.45) is 16.7 Å². The van der Waals surface area contributed by atoms with Crippen LogP contribution < -0.4 is 0 Å². The monoisotopic (exact) mass is 214 g/mol. The molecule has 15 heavy (non-hydrogen) atoms. The molecule has 0 aliphatic heterocycles. The molecule has 4 nitrogen and oxygen atoms in total. The van der Waals surface area contributed by atoms with E-state index in [9.17, 15) is 9.59 Å². The van der Waals surface area contributed by atoms with Crippen LogP contribution in [0.25, 0.3) is 0 Å². The van der Waals surface area contributed by atoms with E-state index in [-0.39, 0.29) is 12.3 Å². The van der Waals surface area contributed by atoms with E-state index in [0.717, 1.165) is 0 Å². The predicted octanol–water partition coefficient (Wildman–Crippen LogP) is 1.99. The highest BCUT2D eigenvalue weighted by molar-refractivity contribution is 5.79.